The lowest BCUT2D eigenvalue weighted by molar-refractivity contribution is 0.0835. The van der Waals surface area contributed by atoms with Gasteiger partial charge in [-0.05, 0) is 52.9 Å². The van der Waals surface area contributed by atoms with Crippen LogP contribution in [0.25, 0.3) is 16.6 Å². The molecule has 1 amide bonds. The van der Waals surface area contributed by atoms with Gasteiger partial charge in [-0.2, -0.15) is 0 Å². The van der Waals surface area contributed by atoms with Crippen LogP contribution in [-0.4, -0.2) is 52.1 Å². The van der Waals surface area contributed by atoms with Crippen molar-refractivity contribution in [3.63, 3.8) is 0 Å². The van der Waals surface area contributed by atoms with Gasteiger partial charge >= 0.3 is 0 Å². The zero-order valence-corrected chi connectivity index (χ0v) is 20.1. The van der Waals surface area contributed by atoms with Crippen molar-refractivity contribution in [2.24, 2.45) is 0 Å². The molecular formula is C24H22BrN5O4. The number of amides is 1. The van der Waals surface area contributed by atoms with E-state index < -0.39 is 0 Å². The third-order valence-corrected chi connectivity index (χ3v) is 7.09. The summed E-state index contributed by atoms with van der Waals surface area (Å²) < 4.78 is 13.9. The molecule has 1 N–H and O–H groups in total. The molecule has 0 unspecified atom stereocenters. The summed E-state index contributed by atoms with van der Waals surface area (Å²) in [5.41, 5.74) is 2.90. The smallest absolute Gasteiger partial charge is 0.274 e. The Labute approximate surface area is 202 Å². The molecule has 0 radical (unpaired) electrons. The molecule has 34 heavy (non-hydrogen) atoms. The van der Waals surface area contributed by atoms with E-state index in [4.69, 9.17) is 9.47 Å². The molecule has 0 aliphatic carbocycles. The van der Waals surface area contributed by atoms with Gasteiger partial charge in [0.25, 0.3) is 11.5 Å². The third-order valence-electron chi connectivity index (χ3n) is 6.66. The highest BCUT2D eigenvalue weighted by Crippen LogP contribution is 2.34. The van der Waals surface area contributed by atoms with E-state index in [1.54, 1.807) is 30.5 Å². The number of hydrogen-bond acceptors (Lipinski definition) is 6. The Morgan fingerprint density at radius 2 is 2.00 bits per heavy atom. The molecule has 2 aliphatic heterocycles. The molecule has 4 aromatic rings. The van der Waals surface area contributed by atoms with Crippen LogP contribution in [0.5, 0.6) is 5.75 Å². The molecule has 5 heterocycles. The van der Waals surface area contributed by atoms with Crippen molar-refractivity contribution in [3.8, 4) is 5.75 Å². The fourth-order valence-electron chi connectivity index (χ4n) is 4.98. The highest BCUT2D eigenvalue weighted by molar-refractivity contribution is 9.10. The summed E-state index contributed by atoms with van der Waals surface area (Å²) in [7, 11) is 1.54. The number of halogens is 1. The maximum atomic E-state index is 13.6. The number of anilines is 1. The van der Waals surface area contributed by atoms with Crippen LogP contribution in [0.3, 0.4) is 0 Å². The van der Waals surface area contributed by atoms with E-state index in [0.717, 1.165) is 40.6 Å². The standard InChI is InChI=1S/C24H22BrN5O4/c1-33-20-10-18-17(9-16(20)24(32)29-5-2-14-8-15(25)11-26-21(14)29)28-23(31)19-12-27-22(30(18)19)13-3-6-34-7-4-13/h8-13H,2-7H2,1H3,(H,28,31). The highest BCUT2D eigenvalue weighted by atomic mass is 79.9. The van der Waals surface area contributed by atoms with E-state index in [9.17, 15) is 9.59 Å². The Hall–Kier alpha value is -3.24. The van der Waals surface area contributed by atoms with Crippen LogP contribution in [0.15, 0.2) is 39.9 Å². The maximum absolute atomic E-state index is 13.6. The average Bonchev–Trinajstić information content (AvgIpc) is 3.48. The minimum atomic E-state index is -0.250. The number of rotatable bonds is 3. The molecule has 174 valence electrons. The van der Waals surface area contributed by atoms with E-state index in [1.165, 1.54) is 0 Å². The van der Waals surface area contributed by atoms with Gasteiger partial charge in [-0.15, -0.1) is 0 Å². The quantitative estimate of drug-likeness (QED) is 0.441. The first-order valence-corrected chi connectivity index (χ1v) is 12.0. The van der Waals surface area contributed by atoms with Crippen molar-refractivity contribution in [3.05, 3.63) is 62.4 Å². The molecule has 2 aliphatic rings. The number of imidazole rings is 1. The molecule has 9 nitrogen and oxygen atoms in total. The monoisotopic (exact) mass is 523 g/mol. The lowest BCUT2D eigenvalue weighted by atomic mass is 9.99. The second kappa shape index (κ2) is 8.21. The van der Waals surface area contributed by atoms with Gasteiger partial charge in [0, 0.05) is 42.4 Å². The Kier molecular flexibility index (Phi) is 5.14. The van der Waals surface area contributed by atoms with E-state index in [2.05, 4.69) is 30.9 Å². The predicted molar refractivity (Wildman–Crippen MR) is 130 cm³/mol. The molecule has 0 saturated carbocycles. The van der Waals surface area contributed by atoms with Crippen molar-refractivity contribution in [2.75, 3.05) is 31.8 Å². The first-order valence-electron chi connectivity index (χ1n) is 11.2. The van der Waals surface area contributed by atoms with Crippen molar-refractivity contribution >= 4 is 44.2 Å². The number of carbonyl (C=O) groups excluding carboxylic acids is 1. The number of nitrogens with zero attached hydrogens (tertiary/aromatic N) is 4. The fraction of sp³-hybridized carbons (Fsp3) is 0.333. The number of pyridine rings is 1. The molecule has 10 heteroatoms. The Morgan fingerprint density at radius 3 is 2.79 bits per heavy atom. The number of ether oxygens (including phenoxy) is 2. The molecule has 6 rings (SSSR count). The second-order valence-electron chi connectivity index (χ2n) is 8.59. The van der Waals surface area contributed by atoms with Gasteiger partial charge in [-0.1, -0.05) is 0 Å². The van der Waals surface area contributed by atoms with Gasteiger partial charge in [0.15, 0.2) is 0 Å². The van der Waals surface area contributed by atoms with Crippen molar-refractivity contribution in [1.82, 2.24) is 19.4 Å². The minimum absolute atomic E-state index is 0.194. The van der Waals surface area contributed by atoms with E-state index in [1.807, 2.05) is 16.5 Å². The molecule has 1 fully saturated rings. The number of hydrogen-bond donors (Lipinski definition) is 1. The number of nitrogens with one attached hydrogen (secondary N) is 1. The van der Waals surface area contributed by atoms with Gasteiger partial charge < -0.3 is 14.5 Å². The Bertz CT molecular complexity index is 1510. The van der Waals surface area contributed by atoms with Crippen molar-refractivity contribution in [1.29, 1.82) is 0 Å². The summed E-state index contributed by atoms with van der Waals surface area (Å²) in [6.45, 7) is 1.87. The molecule has 0 bridgehead atoms. The normalized spacial score (nSPS) is 16.4. The number of benzene rings is 1. The summed E-state index contributed by atoms with van der Waals surface area (Å²) in [6, 6.07) is 5.49. The topological polar surface area (TPSA) is 102 Å². The molecule has 3 aromatic heterocycles. The van der Waals surface area contributed by atoms with Crippen LogP contribution in [0.1, 0.15) is 40.5 Å². The van der Waals surface area contributed by atoms with Gasteiger partial charge in [-0.25, -0.2) is 9.97 Å². The fourth-order valence-corrected chi connectivity index (χ4v) is 5.36. The molecule has 1 aromatic carbocycles. The molecule has 1 saturated heterocycles. The average molecular weight is 524 g/mol. The number of carbonyl (C=O) groups is 1. The number of fused-ring (bicyclic) bond motifs is 4. The first kappa shape index (κ1) is 21.3. The van der Waals surface area contributed by atoms with Gasteiger partial charge in [0.1, 0.15) is 22.9 Å². The van der Waals surface area contributed by atoms with Crippen molar-refractivity contribution < 1.29 is 14.3 Å². The first-order chi connectivity index (χ1) is 16.5. The zero-order valence-electron chi connectivity index (χ0n) is 18.5. The number of H-pyrrole nitrogens is 1. The number of aromatic nitrogens is 4. The molecular weight excluding hydrogens is 502 g/mol. The van der Waals surface area contributed by atoms with Gasteiger partial charge in [-0.3, -0.25) is 18.9 Å². The minimum Gasteiger partial charge on any atom is -0.496 e. The summed E-state index contributed by atoms with van der Waals surface area (Å²) in [5, 5.41) is 0. The number of methoxy groups -OCH3 is 1. The molecule has 0 atom stereocenters. The van der Waals surface area contributed by atoms with Gasteiger partial charge in [0.05, 0.1) is 29.9 Å². The van der Waals surface area contributed by atoms with Crippen LogP contribution >= 0.6 is 15.9 Å². The summed E-state index contributed by atoms with van der Waals surface area (Å²) >= 11 is 3.44. The van der Waals surface area contributed by atoms with Crippen LogP contribution < -0.4 is 15.2 Å². The van der Waals surface area contributed by atoms with Crippen molar-refractivity contribution in [2.45, 2.75) is 25.2 Å². The third kappa shape index (κ3) is 3.32. The highest BCUT2D eigenvalue weighted by Gasteiger charge is 2.30. The van der Waals surface area contributed by atoms with Crippen LogP contribution in [-0.2, 0) is 11.2 Å². The zero-order chi connectivity index (χ0) is 23.4. The lowest BCUT2D eigenvalue weighted by Crippen LogP contribution is -2.30. The number of aromatic amines is 1. The van der Waals surface area contributed by atoms with E-state index in [0.29, 0.717) is 47.9 Å². The maximum Gasteiger partial charge on any atom is 0.274 e. The van der Waals surface area contributed by atoms with Crippen LogP contribution in [0.2, 0.25) is 0 Å². The largest absolute Gasteiger partial charge is 0.496 e. The summed E-state index contributed by atoms with van der Waals surface area (Å²) in [4.78, 5) is 40.1. The summed E-state index contributed by atoms with van der Waals surface area (Å²) in [6.07, 6.45) is 5.72. The Morgan fingerprint density at radius 1 is 1.18 bits per heavy atom. The van der Waals surface area contributed by atoms with E-state index in [-0.39, 0.29) is 17.4 Å². The van der Waals surface area contributed by atoms with Crippen LogP contribution in [0, 0.1) is 0 Å². The predicted octanol–water partition coefficient (Wildman–Crippen LogP) is 3.44. The van der Waals surface area contributed by atoms with Gasteiger partial charge in [0.2, 0.25) is 0 Å². The lowest BCUT2D eigenvalue weighted by Gasteiger charge is -2.22. The van der Waals surface area contributed by atoms with E-state index >= 15 is 0 Å². The SMILES string of the molecule is COc1cc2c(cc1C(=O)N1CCc3cc(Br)cnc31)[nH]c(=O)c1cnc(C3CCOCC3)n12. The summed E-state index contributed by atoms with van der Waals surface area (Å²) in [5.74, 6) is 1.89. The Balaban J connectivity index is 1.50. The second-order valence-corrected chi connectivity index (χ2v) is 9.51. The van der Waals surface area contributed by atoms with Crippen LogP contribution in [0.4, 0.5) is 5.82 Å². The molecule has 0 spiro atoms.